The first-order valence-electron chi connectivity index (χ1n) is 9.90. The molecule has 1 aromatic rings. The van der Waals surface area contributed by atoms with Gasteiger partial charge in [0.2, 0.25) is 0 Å². The van der Waals surface area contributed by atoms with E-state index in [4.69, 9.17) is 9.47 Å². The highest BCUT2D eigenvalue weighted by Gasteiger charge is 2.42. The largest absolute Gasteiger partial charge is 0.497 e. The normalized spacial score (nSPS) is 23.0. The molecule has 3 heteroatoms. The van der Waals surface area contributed by atoms with Crippen LogP contribution in [0.4, 0.5) is 0 Å². The molecule has 0 bridgehead atoms. The molecule has 1 aromatic carbocycles. The van der Waals surface area contributed by atoms with Gasteiger partial charge in [0.1, 0.15) is 5.75 Å². The zero-order chi connectivity index (χ0) is 18.4. The summed E-state index contributed by atoms with van der Waals surface area (Å²) in [6.07, 6.45) is 13.0. The van der Waals surface area contributed by atoms with E-state index in [1.165, 1.54) is 36.8 Å². The average molecular weight is 354 g/mol. The molecule has 0 saturated carbocycles. The van der Waals surface area contributed by atoms with Crippen LogP contribution >= 0.6 is 0 Å². The lowest BCUT2D eigenvalue weighted by atomic mass is 9.69. The molecule has 0 N–H and O–H groups in total. The molecule has 140 valence electrons. The Morgan fingerprint density at radius 3 is 2.42 bits per heavy atom. The van der Waals surface area contributed by atoms with Crippen molar-refractivity contribution < 1.29 is 14.3 Å². The van der Waals surface area contributed by atoms with Crippen molar-refractivity contribution >= 4 is 5.97 Å². The van der Waals surface area contributed by atoms with Gasteiger partial charge >= 0.3 is 5.97 Å². The van der Waals surface area contributed by atoms with Gasteiger partial charge in [-0.15, -0.1) is 0 Å². The number of hydrogen-bond donors (Lipinski definition) is 0. The first kappa shape index (κ1) is 18.8. The van der Waals surface area contributed by atoms with Crippen LogP contribution in [0.25, 0.3) is 0 Å². The summed E-state index contributed by atoms with van der Waals surface area (Å²) in [6, 6.07) is 7.91. The average Bonchev–Trinajstić information content (AvgIpc) is 2.72. The third-order valence-corrected chi connectivity index (χ3v) is 5.69. The molecule has 0 fully saturated rings. The Morgan fingerprint density at radius 1 is 1.08 bits per heavy atom. The highest BCUT2D eigenvalue weighted by molar-refractivity contribution is 5.84. The number of hydrogen-bond acceptors (Lipinski definition) is 3. The molecular weight excluding hydrogens is 324 g/mol. The van der Waals surface area contributed by atoms with Gasteiger partial charge in [-0.05, 0) is 80.2 Å². The molecule has 2 aliphatic rings. The lowest BCUT2D eigenvalue weighted by molar-refractivity contribution is -0.151. The van der Waals surface area contributed by atoms with E-state index < -0.39 is 5.41 Å². The summed E-state index contributed by atoms with van der Waals surface area (Å²) in [5, 5.41) is 0. The van der Waals surface area contributed by atoms with E-state index in [1.54, 1.807) is 7.11 Å². The Bertz CT molecular complexity index is 684. The number of rotatable bonds is 6. The number of benzene rings is 1. The maximum atomic E-state index is 13.0. The molecule has 0 amide bonds. The maximum Gasteiger partial charge on any atom is 0.316 e. The lowest BCUT2D eigenvalue weighted by Crippen LogP contribution is -2.39. The molecule has 26 heavy (non-hydrogen) atoms. The van der Waals surface area contributed by atoms with Gasteiger partial charge in [-0.1, -0.05) is 31.2 Å². The van der Waals surface area contributed by atoms with Crippen LogP contribution in [0.2, 0.25) is 0 Å². The number of carbonyl (C=O) groups excluding carboxylic acids is 1. The van der Waals surface area contributed by atoms with Crippen molar-refractivity contribution in [1.29, 1.82) is 0 Å². The van der Waals surface area contributed by atoms with Crippen molar-refractivity contribution in [3.63, 3.8) is 0 Å². The van der Waals surface area contributed by atoms with Crippen LogP contribution in [0.1, 0.15) is 63.9 Å². The molecule has 1 atom stereocenters. The molecule has 0 aromatic heterocycles. The van der Waals surface area contributed by atoms with Crippen LogP contribution in [-0.4, -0.2) is 19.7 Å². The fraction of sp³-hybridized carbons (Fsp3) is 0.522. The number of carbonyl (C=O) groups is 1. The van der Waals surface area contributed by atoms with E-state index >= 15 is 0 Å². The van der Waals surface area contributed by atoms with E-state index in [0.29, 0.717) is 13.0 Å². The first-order chi connectivity index (χ1) is 12.7. The molecule has 0 aliphatic heterocycles. The van der Waals surface area contributed by atoms with E-state index in [0.717, 1.165) is 30.6 Å². The van der Waals surface area contributed by atoms with Crippen molar-refractivity contribution in [1.82, 2.24) is 0 Å². The summed E-state index contributed by atoms with van der Waals surface area (Å²) in [5.74, 6) is 0.725. The standard InChI is InChI=1S/C23H30O3/c1-3-17-26-22(24)23(20-9-11-21(25-2)12-10-20)15-13-19(14-16-23)18-7-5-4-6-8-18/h7,9-13H,3-6,8,14-17H2,1-2H3. The van der Waals surface area contributed by atoms with E-state index in [1.807, 2.05) is 31.2 Å². The smallest absolute Gasteiger partial charge is 0.316 e. The van der Waals surface area contributed by atoms with Gasteiger partial charge in [0.15, 0.2) is 0 Å². The molecule has 1 unspecified atom stereocenters. The zero-order valence-electron chi connectivity index (χ0n) is 16.1. The second-order valence-electron chi connectivity index (χ2n) is 7.36. The summed E-state index contributed by atoms with van der Waals surface area (Å²) < 4.78 is 10.9. The number of esters is 1. The van der Waals surface area contributed by atoms with Crippen molar-refractivity contribution in [2.24, 2.45) is 0 Å². The molecule has 2 aliphatic carbocycles. The number of allylic oxidation sites excluding steroid dienone is 4. The van der Waals surface area contributed by atoms with Crippen LogP contribution in [0.5, 0.6) is 5.75 Å². The quantitative estimate of drug-likeness (QED) is 0.633. The molecule has 0 spiro atoms. The third-order valence-electron chi connectivity index (χ3n) is 5.69. The Morgan fingerprint density at radius 2 is 1.85 bits per heavy atom. The zero-order valence-corrected chi connectivity index (χ0v) is 16.1. The van der Waals surface area contributed by atoms with E-state index in [-0.39, 0.29) is 5.97 Å². The molecule has 0 saturated heterocycles. The first-order valence-corrected chi connectivity index (χ1v) is 9.90. The molecule has 0 radical (unpaired) electrons. The highest BCUT2D eigenvalue weighted by Crippen LogP contribution is 2.43. The van der Waals surface area contributed by atoms with Gasteiger partial charge < -0.3 is 9.47 Å². The predicted molar refractivity (Wildman–Crippen MR) is 104 cm³/mol. The van der Waals surface area contributed by atoms with E-state index in [9.17, 15) is 4.79 Å². The lowest BCUT2D eigenvalue weighted by Gasteiger charge is -2.35. The van der Waals surface area contributed by atoms with Gasteiger partial charge in [0.25, 0.3) is 0 Å². The van der Waals surface area contributed by atoms with Crippen LogP contribution in [0.15, 0.2) is 47.6 Å². The Kier molecular flexibility index (Phi) is 6.18. The van der Waals surface area contributed by atoms with Crippen molar-refractivity contribution in [3.8, 4) is 5.75 Å². The highest BCUT2D eigenvalue weighted by atomic mass is 16.5. The predicted octanol–water partition coefficient (Wildman–Crippen LogP) is 5.50. The van der Waals surface area contributed by atoms with Crippen LogP contribution in [-0.2, 0) is 14.9 Å². The Labute approximate surface area is 157 Å². The number of ether oxygens (including phenoxy) is 2. The van der Waals surface area contributed by atoms with Gasteiger partial charge in [-0.3, -0.25) is 4.79 Å². The molecule has 0 heterocycles. The van der Waals surface area contributed by atoms with Crippen LogP contribution < -0.4 is 4.74 Å². The fourth-order valence-electron chi connectivity index (χ4n) is 4.08. The maximum absolute atomic E-state index is 13.0. The summed E-state index contributed by atoms with van der Waals surface area (Å²) in [5.41, 5.74) is 3.41. The van der Waals surface area contributed by atoms with Crippen molar-refractivity contribution in [3.05, 3.63) is 53.1 Å². The van der Waals surface area contributed by atoms with Gasteiger partial charge in [0, 0.05) is 0 Å². The van der Waals surface area contributed by atoms with Crippen LogP contribution in [0, 0.1) is 0 Å². The van der Waals surface area contributed by atoms with Crippen molar-refractivity contribution in [2.75, 3.05) is 13.7 Å². The summed E-state index contributed by atoms with van der Waals surface area (Å²) in [7, 11) is 1.66. The monoisotopic (exact) mass is 354 g/mol. The van der Waals surface area contributed by atoms with Gasteiger partial charge in [-0.25, -0.2) is 0 Å². The van der Waals surface area contributed by atoms with Gasteiger partial charge in [-0.2, -0.15) is 0 Å². The van der Waals surface area contributed by atoms with Gasteiger partial charge in [0.05, 0.1) is 19.1 Å². The molecular formula is C23H30O3. The third kappa shape index (κ3) is 3.87. The molecule has 3 nitrogen and oxygen atoms in total. The van der Waals surface area contributed by atoms with Crippen LogP contribution in [0.3, 0.4) is 0 Å². The summed E-state index contributed by atoms with van der Waals surface area (Å²) in [4.78, 5) is 13.0. The minimum absolute atomic E-state index is 0.0857. The minimum Gasteiger partial charge on any atom is -0.497 e. The Hall–Kier alpha value is -2.03. The second kappa shape index (κ2) is 8.57. The van der Waals surface area contributed by atoms with E-state index in [2.05, 4.69) is 12.2 Å². The second-order valence-corrected chi connectivity index (χ2v) is 7.36. The SMILES string of the molecule is CCCOC(=O)C1(c2ccc(OC)cc2)CC=C(C2=CCCCC2)CC1. The summed E-state index contributed by atoms with van der Waals surface area (Å²) in [6.45, 7) is 2.51. The minimum atomic E-state index is -0.569. The number of methoxy groups -OCH3 is 1. The summed E-state index contributed by atoms with van der Waals surface area (Å²) >= 11 is 0. The topological polar surface area (TPSA) is 35.5 Å². The molecule has 3 rings (SSSR count). The van der Waals surface area contributed by atoms with Crippen molar-refractivity contribution in [2.45, 2.75) is 63.7 Å². The Balaban J connectivity index is 1.88. The fourth-order valence-corrected chi connectivity index (χ4v) is 4.08.